The van der Waals surface area contributed by atoms with Crippen LogP contribution in [-0.4, -0.2) is 29.1 Å². The maximum Gasteiger partial charge on any atom is 0.251 e. The predicted molar refractivity (Wildman–Crippen MR) is 96.1 cm³/mol. The minimum Gasteiger partial charge on any atom is -0.391 e. The summed E-state index contributed by atoms with van der Waals surface area (Å²) in [6.07, 6.45) is 2.95. The number of aliphatic hydroxyl groups is 1. The zero-order chi connectivity index (χ0) is 18.7. The van der Waals surface area contributed by atoms with Gasteiger partial charge in [-0.2, -0.15) is 0 Å². The third kappa shape index (κ3) is 3.91. The van der Waals surface area contributed by atoms with Crippen LogP contribution in [0, 0.1) is 5.82 Å². The molecule has 0 unspecified atom stereocenters. The first-order valence-corrected chi connectivity index (χ1v) is 8.64. The average molecular weight is 356 g/mol. The second kappa shape index (κ2) is 7.66. The summed E-state index contributed by atoms with van der Waals surface area (Å²) in [5.74, 6) is -1.73. The van der Waals surface area contributed by atoms with Crippen molar-refractivity contribution < 1.29 is 19.1 Å². The fourth-order valence-corrected chi connectivity index (χ4v) is 3.24. The highest BCUT2D eigenvalue weighted by Gasteiger charge is 2.24. The number of rotatable bonds is 4. The summed E-state index contributed by atoms with van der Waals surface area (Å²) >= 11 is 0. The maximum atomic E-state index is 13.6. The third-order valence-corrected chi connectivity index (χ3v) is 4.76. The Balaban J connectivity index is 1.75. The van der Waals surface area contributed by atoms with Crippen molar-refractivity contribution in [1.82, 2.24) is 5.32 Å². The highest BCUT2D eigenvalue weighted by Crippen LogP contribution is 2.23. The van der Waals surface area contributed by atoms with Crippen molar-refractivity contribution in [3.63, 3.8) is 0 Å². The Hall–Kier alpha value is -2.73. The molecule has 1 aliphatic carbocycles. The third-order valence-electron chi connectivity index (χ3n) is 4.76. The lowest BCUT2D eigenvalue weighted by Gasteiger charge is -2.28. The van der Waals surface area contributed by atoms with E-state index in [2.05, 4.69) is 5.32 Å². The second-order valence-corrected chi connectivity index (χ2v) is 6.57. The molecule has 1 saturated carbocycles. The number of amides is 2. The Labute approximate surface area is 151 Å². The number of primary amides is 1. The average Bonchev–Trinajstić information content (AvgIpc) is 2.64. The predicted octanol–water partition coefficient (Wildman–Crippen LogP) is 2.62. The molecule has 0 aromatic heterocycles. The van der Waals surface area contributed by atoms with E-state index in [-0.39, 0.29) is 17.5 Å². The van der Waals surface area contributed by atoms with E-state index in [0.717, 1.165) is 24.8 Å². The van der Waals surface area contributed by atoms with Gasteiger partial charge >= 0.3 is 0 Å². The summed E-state index contributed by atoms with van der Waals surface area (Å²) in [6.45, 7) is 0. The number of nitrogens with one attached hydrogen (secondary N) is 1. The van der Waals surface area contributed by atoms with Crippen molar-refractivity contribution >= 4 is 11.8 Å². The molecule has 0 radical (unpaired) electrons. The highest BCUT2D eigenvalue weighted by molar-refractivity contribution is 5.96. The maximum absolute atomic E-state index is 13.6. The van der Waals surface area contributed by atoms with Gasteiger partial charge in [-0.1, -0.05) is 31.0 Å². The molecule has 0 aliphatic heterocycles. The smallest absolute Gasteiger partial charge is 0.251 e. The minimum absolute atomic E-state index is 0.171. The summed E-state index contributed by atoms with van der Waals surface area (Å²) in [7, 11) is 0. The Morgan fingerprint density at radius 2 is 1.69 bits per heavy atom. The van der Waals surface area contributed by atoms with Crippen LogP contribution in [0.25, 0.3) is 11.1 Å². The number of hydrogen-bond donors (Lipinski definition) is 3. The van der Waals surface area contributed by atoms with Gasteiger partial charge in [0.1, 0.15) is 5.82 Å². The van der Waals surface area contributed by atoms with E-state index in [1.54, 1.807) is 30.3 Å². The molecule has 1 fully saturated rings. The summed E-state index contributed by atoms with van der Waals surface area (Å²) in [6, 6.07) is 10.7. The van der Waals surface area contributed by atoms with Gasteiger partial charge in [-0.05, 0) is 48.2 Å². The SMILES string of the molecule is NC(=O)c1cc(-c2ccc(C(=O)N[C@H]3CCCC[C@@H]3O)cc2)ccc1F. The summed E-state index contributed by atoms with van der Waals surface area (Å²) in [5, 5.41) is 12.8. The largest absolute Gasteiger partial charge is 0.391 e. The zero-order valence-electron chi connectivity index (χ0n) is 14.2. The molecule has 2 aromatic rings. The van der Waals surface area contributed by atoms with Crippen molar-refractivity contribution in [3.8, 4) is 11.1 Å². The number of hydrogen-bond acceptors (Lipinski definition) is 3. The molecule has 2 amide bonds. The number of aliphatic hydroxyl groups excluding tert-OH is 1. The molecule has 26 heavy (non-hydrogen) atoms. The molecule has 3 rings (SSSR count). The Bertz CT molecular complexity index is 820. The molecular weight excluding hydrogens is 335 g/mol. The van der Waals surface area contributed by atoms with Gasteiger partial charge < -0.3 is 16.2 Å². The first-order valence-electron chi connectivity index (χ1n) is 8.64. The monoisotopic (exact) mass is 356 g/mol. The lowest BCUT2D eigenvalue weighted by molar-refractivity contribution is 0.0717. The van der Waals surface area contributed by atoms with Gasteiger partial charge in [0.2, 0.25) is 0 Å². The molecule has 2 atom stereocenters. The molecule has 1 aliphatic rings. The fourth-order valence-electron chi connectivity index (χ4n) is 3.24. The van der Waals surface area contributed by atoms with E-state index in [1.807, 2.05) is 0 Å². The summed E-state index contributed by atoms with van der Waals surface area (Å²) in [5.41, 5.74) is 6.85. The van der Waals surface area contributed by atoms with Crippen LogP contribution >= 0.6 is 0 Å². The first-order chi connectivity index (χ1) is 12.5. The number of halogens is 1. The van der Waals surface area contributed by atoms with Crippen molar-refractivity contribution in [2.24, 2.45) is 5.73 Å². The van der Waals surface area contributed by atoms with E-state index in [0.29, 0.717) is 17.5 Å². The van der Waals surface area contributed by atoms with Crippen LogP contribution in [0.3, 0.4) is 0 Å². The lowest BCUT2D eigenvalue weighted by Crippen LogP contribution is -2.45. The van der Waals surface area contributed by atoms with Crippen LogP contribution in [-0.2, 0) is 0 Å². The van der Waals surface area contributed by atoms with Crippen LogP contribution in [0.1, 0.15) is 46.4 Å². The Morgan fingerprint density at radius 1 is 1.04 bits per heavy atom. The fraction of sp³-hybridized carbons (Fsp3) is 0.300. The highest BCUT2D eigenvalue weighted by atomic mass is 19.1. The zero-order valence-corrected chi connectivity index (χ0v) is 14.2. The molecule has 0 saturated heterocycles. The Kier molecular flexibility index (Phi) is 5.32. The molecule has 136 valence electrons. The number of carbonyl (C=O) groups is 2. The minimum atomic E-state index is -0.827. The van der Waals surface area contributed by atoms with E-state index in [1.165, 1.54) is 12.1 Å². The summed E-state index contributed by atoms with van der Waals surface area (Å²) in [4.78, 5) is 23.6. The van der Waals surface area contributed by atoms with Crippen molar-refractivity contribution in [3.05, 3.63) is 59.4 Å². The standard InChI is InChI=1S/C20H21FN2O3/c21-16-10-9-14(11-15(16)19(22)25)12-5-7-13(8-6-12)20(26)23-17-3-1-2-4-18(17)24/h5-11,17-18,24H,1-4H2,(H2,22,25)(H,23,26)/t17-,18-/m0/s1. The Morgan fingerprint density at radius 3 is 2.35 bits per heavy atom. The molecule has 0 heterocycles. The molecule has 2 aromatic carbocycles. The summed E-state index contributed by atoms with van der Waals surface area (Å²) < 4.78 is 13.6. The van der Waals surface area contributed by atoms with Crippen LogP contribution in [0.4, 0.5) is 4.39 Å². The molecule has 4 N–H and O–H groups in total. The van der Waals surface area contributed by atoms with Gasteiger partial charge in [-0.15, -0.1) is 0 Å². The van der Waals surface area contributed by atoms with E-state index in [4.69, 9.17) is 5.73 Å². The molecule has 6 heteroatoms. The normalized spacial score (nSPS) is 19.8. The van der Waals surface area contributed by atoms with Crippen molar-refractivity contribution in [2.75, 3.05) is 0 Å². The van der Waals surface area contributed by atoms with Gasteiger partial charge in [-0.25, -0.2) is 4.39 Å². The van der Waals surface area contributed by atoms with Crippen molar-refractivity contribution in [1.29, 1.82) is 0 Å². The number of carbonyl (C=O) groups excluding carboxylic acids is 2. The van der Waals surface area contributed by atoms with E-state index in [9.17, 15) is 19.1 Å². The first kappa shape index (κ1) is 18.1. The van der Waals surface area contributed by atoms with Crippen LogP contribution in [0.5, 0.6) is 0 Å². The molecule has 0 bridgehead atoms. The van der Waals surface area contributed by atoms with Crippen LogP contribution < -0.4 is 11.1 Å². The number of benzene rings is 2. The van der Waals surface area contributed by atoms with Gasteiger partial charge in [-0.3, -0.25) is 9.59 Å². The molecular formula is C20H21FN2O3. The van der Waals surface area contributed by atoms with Gasteiger partial charge in [0.05, 0.1) is 17.7 Å². The van der Waals surface area contributed by atoms with E-state index >= 15 is 0 Å². The topological polar surface area (TPSA) is 92.4 Å². The van der Waals surface area contributed by atoms with Crippen LogP contribution in [0.15, 0.2) is 42.5 Å². The quantitative estimate of drug-likeness (QED) is 0.786. The van der Waals surface area contributed by atoms with Gasteiger partial charge in [0, 0.05) is 5.56 Å². The molecule has 0 spiro atoms. The van der Waals surface area contributed by atoms with Crippen LogP contribution in [0.2, 0.25) is 0 Å². The van der Waals surface area contributed by atoms with E-state index < -0.39 is 17.8 Å². The molecule has 5 nitrogen and oxygen atoms in total. The second-order valence-electron chi connectivity index (χ2n) is 6.57. The van der Waals surface area contributed by atoms with Gasteiger partial charge in [0.25, 0.3) is 11.8 Å². The van der Waals surface area contributed by atoms with Gasteiger partial charge in [0.15, 0.2) is 0 Å². The van der Waals surface area contributed by atoms with Crippen molar-refractivity contribution in [2.45, 2.75) is 37.8 Å². The number of nitrogens with two attached hydrogens (primary N) is 1. The lowest BCUT2D eigenvalue weighted by atomic mass is 9.92.